The number of anilines is 3. The summed E-state index contributed by atoms with van der Waals surface area (Å²) in [5.41, 5.74) is 6.06. The van der Waals surface area contributed by atoms with Crippen LogP contribution in [0.3, 0.4) is 0 Å². The van der Waals surface area contributed by atoms with E-state index in [2.05, 4.69) is 27.2 Å². The number of rotatable bonds is 8. The molecule has 0 unspecified atom stereocenters. The van der Waals surface area contributed by atoms with Crippen molar-refractivity contribution in [2.24, 2.45) is 0 Å². The van der Waals surface area contributed by atoms with Crippen LogP contribution in [0.1, 0.15) is 33.6 Å². The second-order valence-electron chi connectivity index (χ2n) is 11.1. The van der Waals surface area contributed by atoms with E-state index in [1.807, 2.05) is 71.6 Å². The fourth-order valence-electron chi connectivity index (χ4n) is 5.87. The Kier molecular flexibility index (Phi) is 9.11. The lowest BCUT2D eigenvalue weighted by Crippen LogP contribution is -2.38. The van der Waals surface area contributed by atoms with Crippen molar-refractivity contribution < 1.29 is 14.3 Å². The van der Waals surface area contributed by atoms with Crippen molar-refractivity contribution >= 4 is 28.9 Å². The number of nitrogens with zero attached hydrogens (tertiary/aromatic N) is 3. The zero-order valence-corrected chi connectivity index (χ0v) is 24.5. The van der Waals surface area contributed by atoms with Gasteiger partial charge in [0.15, 0.2) is 0 Å². The van der Waals surface area contributed by atoms with Crippen LogP contribution in [0, 0.1) is 0 Å². The second-order valence-corrected chi connectivity index (χ2v) is 11.1. The highest BCUT2D eigenvalue weighted by Gasteiger charge is 2.25. The van der Waals surface area contributed by atoms with Crippen molar-refractivity contribution in [2.75, 3.05) is 67.6 Å². The van der Waals surface area contributed by atoms with E-state index in [4.69, 9.17) is 4.74 Å². The van der Waals surface area contributed by atoms with E-state index in [1.54, 1.807) is 24.3 Å². The summed E-state index contributed by atoms with van der Waals surface area (Å²) in [5.74, 6) is -0.217. The molecule has 1 fully saturated rings. The quantitative estimate of drug-likeness (QED) is 0.272. The number of carbonyl (C=O) groups excluding carboxylic acids is 2. The molecule has 2 aliphatic heterocycles. The number of fused-ring (bicyclic) bond motifs is 1. The Morgan fingerprint density at radius 1 is 0.651 bits per heavy atom. The van der Waals surface area contributed by atoms with Crippen molar-refractivity contribution in [1.82, 2.24) is 4.90 Å². The monoisotopic (exact) mass is 574 g/mol. The van der Waals surface area contributed by atoms with Crippen molar-refractivity contribution in [2.45, 2.75) is 12.8 Å². The summed E-state index contributed by atoms with van der Waals surface area (Å²) >= 11 is 0. The lowest BCUT2D eigenvalue weighted by molar-refractivity contribution is 0.0376. The smallest absolute Gasteiger partial charge is 0.258 e. The molecule has 2 aliphatic rings. The summed E-state index contributed by atoms with van der Waals surface area (Å²) in [4.78, 5) is 33.4. The molecule has 0 radical (unpaired) electrons. The van der Waals surface area contributed by atoms with Crippen LogP contribution in [0.25, 0.3) is 11.1 Å². The Morgan fingerprint density at radius 3 is 2.05 bits per heavy atom. The van der Waals surface area contributed by atoms with Gasteiger partial charge >= 0.3 is 0 Å². The van der Waals surface area contributed by atoms with Gasteiger partial charge in [-0.2, -0.15) is 0 Å². The first kappa shape index (κ1) is 28.6. The maximum Gasteiger partial charge on any atom is 0.258 e. The molecule has 43 heavy (non-hydrogen) atoms. The lowest BCUT2D eigenvalue weighted by atomic mass is 10.0. The Hall–Kier alpha value is -4.46. The van der Waals surface area contributed by atoms with Gasteiger partial charge < -0.3 is 19.9 Å². The first-order chi connectivity index (χ1) is 21.2. The van der Waals surface area contributed by atoms with Crippen LogP contribution in [-0.4, -0.2) is 69.2 Å². The van der Waals surface area contributed by atoms with Gasteiger partial charge in [0, 0.05) is 56.1 Å². The zero-order valence-electron chi connectivity index (χ0n) is 24.5. The van der Waals surface area contributed by atoms with Crippen molar-refractivity contribution in [3.8, 4) is 11.1 Å². The number of nitrogens with one attached hydrogen (secondary N) is 1. The van der Waals surface area contributed by atoms with Crippen molar-refractivity contribution in [3.63, 3.8) is 0 Å². The number of para-hydroxylation sites is 2. The third-order valence-electron chi connectivity index (χ3n) is 8.22. The molecule has 220 valence electrons. The highest BCUT2D eigenvalue weighted by Crippen LogP contribution is 2.33. The Bertz CT molecular complexity index is 1520. The molecule has 1 saturated heterocycles. The van der Waals surface area contributed by atoms with Crippen LogP contribution >= 0.6 is 0 Å². The van der Waals surface area contributed by atoms with Crippen LogP contribution in [0.2, 0.25) is 0 Å². The molecule has 0 saturated carbocycles. The summed E-state index contributed by atoms with van der Waals surface area (Å²) in [6, 6.07) is 33.1. The van der Waals surface area contributed by atoms with Crippen molar-refractivity contribution in [1.29, 1.82) is 0 Å². The molecular weight excluding hydrogens is 536 g/mol. The van der Waals surface area contributed by atoms with Gasteiger partial charge in [0.2, 0.25) is 0 Å². The fourth-order valence-corrected chi connectivity index (χ4v) is 5.87. The SMILES string of the molecule is O=C(Nc1ccc(C(=O)N2CCCN(CCCN3CCOCC3)c3ccccc32)cc1)c1ccc(-c2ccccc2)cc1. The molecule has 0 atom stereocenters. The lowest BCUT2D eigenvalue weighted by Gasteiger charge is -2.29. The predicted molar refractivity (Wildman–Crippen MR) is 173 cm³/mol. The van der Waals surface area contributed by atoms with Crippen molar-refractivity contribution in [3.05, 3.63) is 114 Å². The van der Waals surface area contributed by atoms with Gasteiger partial charge in [0.25, 0.3) is 11.8 Å². The maximum absolute atomic E-state index is 13.7. The summed E-state index contributed by atoms with van der Waals surface area (Å²) in [5, 5.41) is 2.96. The van der Waals surface area contributed by atoms with Gasteiger partial charge in [0.1, 0.15) is 0 Å². The van der Waals surface area contributed by atoms with E-state index in [0.29, 0.717) is 23.4 Å². The van der Waals surface area contributed by atoms with Crippen LogP contribution in [0.4, 0.5) is 17.1 Å². The van der Waals surface area contributed by atoms with Gasteiger partial charge in [-0.1, -0.05) is 54.6 Å². The topological polar surface area (TPSA) is 65.1 Å². The number of morpholine rings is 1. The first-order valence-electron chi connectivity index (χ1n) is 15.2. The molecule has 2 heterocycles. The zero-order chi connectivity index (χ0) is 29.4. The Morgan fingerprint density at radius 2 is 1.30 bits per heavy atom. The van der Waals surface area contributed by atoms with Gasteiger partial charge in [-0.15, -0.1) is 0 Å². The molecule has 4 aromatic rings. The second kappa shape index (κ2) is 13.7. The maximum atomic E-state index is 13.7. The van der Waals surface area contributed by atoms with E-state index in [-0.39, 0.29) is 11.8 Å². The van der Waals surface area contributed by atoms with Gasteiger partial charge in [-0.3, -0.25) is 14.5 Å². The first-order valence-corrected chi connectivity index (χ1v) is 15.2. The minimum absolute atomic E-state index is 0.0306. The van der Waals surface area contributed by atoms with E-state index in [9.17, 15) is 9.59 Å². The predicted octanol–water partition coefficient (Wildman–Crippen LogP) is 6.19. The summed E-state index contributed by atoms with van der Waals surface area (Å²) < 4.78 is 5.48. The van der Waals surface area contributed by atoms with E-state index >= 15 is 0 Å². The van der Waals surface area contributed by atoms with Gasteiger partial charge in [-0.25, -0.2) is 0 Å². The van der Waals surface area contributed by atoms with Crippen LogP contribution in [0.5, 0.6) is 0 Å². The molecule has 6 rings (SSSR count). The van der Waals surface area contributed by atoms with Crippen LogP contribution in [-0.2, 0) is 4.74 Å². The third-order valence-corrected chi connectivity index (χ3v) is 8.22. The fraction of sp³-hybridized carbons (Fsp3) is 0.278. The average Bonchev–Trinajstić information content (AvgIpc) is 3.25. The number of hydrogen-bond acceptors (Lipinski definition) is 5. The molecule has 4 aromatic carbocycles. The molecule has 7 heteroatoms. The molecule has 7 nitrogen and oxygen atoms in total. The summed E-state index contributed by atoms with van der Waals surface area (Å²) in [6.45, 7) is 7.24. The number of ether oxygens (including phenoxy) is 1. The molecule has 0 bridgehead atoms. The van der Waals surface area contributed by atoms with Crippen LogP contribution in [0.15, 0.2) is 103 Å². The third kappa shape index (κ3) is 6.96. The van der Waals surface area contributed by atoms with Gasteiger partial charge in [-0.05, 0) is 72.5 Å². The molecule has 0 aliphatic carbocycles. The number of amides is 2. The molecule has 0 aromatic heterocycles. The standard InChI is InChI=1S/C36H38N4O3/c41-35(30-14-12-29(13-15-30)28-8-2-1-3-9-28)37-32-18-16-31(17-19-32)36(42)40-23-7-22-39(33-10-4-5-11-34(33)40)21-6-20-38-24-26-43-27-25-38/h1-5,8-19H,6-7,20-27H2,(H,37,41). The average molecular weight is 575 g/mol. The summed E-state index contributed by atoms with van der Waals surface area (Å²) in [6.07, 6.45) is 1.97. The number of benzene rings is 4. The highest BCUT2D eigenvalue weighted by molar-refractivity contribution is 6.09. The molecular formula is C36H38N4O3. The van der Waals surface area contributed by atoms with Crippen LogP contribution < -0.4 is 15.1 Å². The van der Waals surface area contributed by atoms with E-state index in [0.717, 1.165) is 81.3 Å². The normalized spacial score (nSPS) is 15.4. The number of hydrogen-bond donors (Lipinski definition) is 1. The minimum atomic E-state index is -0.186. The Labute approximate surface area is 253 Å². The van der Waals surface area contributed by atoms with E-state index in [1.165, 1.54) is 0 Å². The minimum Gasteiger partial charge on any atom is -0.379 e. The summed E-state index contributed by atoms with van der Waals surface area (Å²) in [7, 11) is 0. The molecule has 1 N–H and O–H groups in total. The van der Waals surface area contributed by atoms with E-state index < -0.39 is 0 Å². The van der Waals surface area contributed by atoms with Gasteiger partial charge in [0.05, 0.1) is 24.6 Å². The largest absolute Gasteiger partial charge is 0.379 e. The highest BCUT2D eigenvalue weighted by atomic mass is 16.5. The molecule has 0 spiro atoms. The molecule has 2 amide bonds. The Balaban J connectivity index is 1.09. The number of carbonyl (C=O) groups is 2.